The van der Waals surface area contributed by atoms with Gasteiger partial charge in [-0.3, -0.25) is 4.79 Å². The normalized spacial score (nSPS) is 29.3. The minimum Gasteiger partial charge on any atom is -0.295 e. The summed E-state index contributed by atoms with van der Waals surface area (Å²) < 4.78 is 27.2. The quantitative estimate of drug-likeness (QED) is 0.841. The topological polar surface area (TPSA) is 54.5 Å². The molecule has 4 nitrogen and oxygen atoms in total. The van der Waals surface area contributed by atoms with Crippen molar-refractivity contribution in [2.24, 2.45) is 17.8 Å². The monoisotopic (exact) mass is 319 g/mol. The molecule has 2 aliphatic rings. The summed E-state index contributed by atoms with van der Waals surface area (Å²) in [6, 6.07) is 6.94. The number of ketones is 1. The van der Waals surface area contributed by atoms with Gasteiger partial charge < -0.3 is 0 Å². The fourth-order valence-electron chi connectivity index (χ4n) is 3.42. The van der Waals surface area contributed by atoms with Crippen LogP contribution in [0.1, 0.15) is 19.4 Å². The molecule has 0 unspecified atom stereocenters. The van der Waals surface area contributed by atoms with E-state index in [1.54, 1.807) is 22.5 Å². The first kappa shape index (κ1) is 15.4. The van der Waals surface area contributed by atoms with Crippen LogP contribution in [-0.4, -0.2) is 31.6 Å². The molecular weight excluding hydrogens is 298 g/mol. The molecule has 1 fully saturated rings. The minimum atomic E-state index is -3.50. The number of hydrogen-bond acceptors (Lipinski definition) is 3. The molecule has 5 heteroatoms. The summed E-state index contributed by atoms with van der Waals surface area (Å²) in [4.78, 5) is 12.2. The highest BCUT2D eigenvalue weighted by Gasteiger charge is 2.43. The highest BCUT2D eigenvalue weighted by molar-refractivity contribution is 7.89. The molecule has 0 bridgehead atoms. The summed E-state index contributed by atoms with van der Waals surface area (Å²) in [7, 11) is -3.50. The van der Waals surface area contributed by atoms with Crippen LogP contribution in [0.5, 0.6) is 0 Å². The van der Waals surface area contributed by atoms with Crippen molar-refractivity contribution in [2.45, 2.75) is 25.7 Å². The van der Waals surface area contributed by atoms with Gasteiger partial charge in [-0.25, -0.2) is 8.42 Å². The molecule has 1 aliphatic carbocycles. The predicted molar refractivity (Wildman–Crippen MR) is 84.8 cm³/mol. The SMILES string of the molecule is Cc1ccc(S(=O)(=O)N2C[C@@H]3C(=CC(=O)[C@H]3C)[C@@H](C)C2)cc1. The Morgan fingerprint density at radius 3 is 2.36 bits per heavy atom. The van der Waals surface area contributed by atoms with Crippen molar-refractivity contribution in [2.75, 3.05) is 13.1 Å². The Labute approximate surface area is 131 Å². The number of aryl methyl sites for hydroxylation is 1. The lowest BCUT2D eigenvalue weighted by Gasteiger charge is -2.37. The minimum absolute atomic E-state index is 0.0245. The summed E-state index contributed by atoms with van der Waals surface area (Å²) in [6.07, 6.45) is 1.73. The molecule has 0 amide bonds. The number of carbonyl (C=O) groups excluding carboxylic acids is 1. The van der Waals surface area contributed by atoms with Crippen LogP contribution in [0, 0.1) is 24.7 Å². The first-order valence-electron chi connectivity index (χ1n) is 7.63. The van der Waals surface area contributed by atoms with E-state index in [1.807, 2.05) is 32.9 Å². The Balaban J connectivity index is 1.91. The predicted octanol–water partition coefficient (Wildman–Crippen LogP) is 2.40. The fraction of sp³-hybridized carbons (Fsp3) is 0.471. The summed E-state index contributed by atoms with van der Waals surface area (Å²) in [5.41, 5.74) is 2.15. The second-order valence-electron chi connectivity index (χ2n) is 6.48. The van der Waals surface area contributed by atoms with Crippen molar-refractivity contribution >= 4 is 15.8 Å². The third-order valence-corrected chi connectivity index (χ3v) is 6.74. The number of nitrogens with zero attached hydrogens (tertiary/aromatic N) is 1. The van der Waals surface area contributed by atoms with Gasteiger partial charge in [0, 0.05) is 24.9 Å². The lowest BCUT2D eigenvalue weighted by Crippen LogP contribution is -2.45. The maximum absolute atomic E-state index is 12.8. The van der Waals surface area contributed by atoms with Gasteiger partial charge in [-0.1, -0.05) is 37.1 Å². The standard InChI is InChI=1S/C17H21NO3S/c1-11-4-6-14(7-5-11)22(20,21)18-9-12(2)15-8-17(19)13(3)16(15)10-18/h4-8,12-13,16H,9-10H2,1-3H3/t12-,13-,16-/m0/s1. The molecule has 118 valence electrons. The number of allylic oxidation sites excluding steroid dienone is 1. The molecule has 0 aromatic heterocycles. The fourth-order valence-corrected chi connectivity index (χ4v) is 4.98. The lowest BCUT2D eigenvalue weighted by atomic mass is 9.83. The second kappa shape index (κ2) is 5.32. The van der Waals surface area contributed by atoms with Crippen molar-refractivity contribution in [1.82, 2.24) is 4.31 Å². The zero-order valence-corrected chi connectivity index (χ0v) is 13.9. The van der Waals surface area contributed by atoms with Gasteiger partial charge in [-0.2, -0.15) is 4.31 Å². The zero-order chi connectivity index (χ0) is 16.1. The van der Waals surface area contributed by atoms with Crippen LogP contribution in [0.3, 0.4) is 0 Å². The summed E-state index contributed by atoms with van der Waals surface area (Å²) >= 11 is 0. The van der Waals surface area contributed by atoms with Gasteiger partial charge in [0.2, 0.25) is 10.0 Å². The Hall–Kier alpha value is -1.46. The van der Waals surface area contributed by atoms with Crippen LogP contribution in [-0.2, 0) is 14.8 Å². The Morgan fingerprint density at radius 2 is 1.73 bits per heavy atom. The molecule has 1 aliphatic heterocycles. The van der Waals surface area contributed by atoms with Gasteiger partial charge in [0.15, 0.2) is 5.78 Å². The molecule has 1 saturated heterocycles. The molecule has 3 rings (SSSR count). The van der Waals surface area contributed by atoms with Crippen LogP contribution < -0.4 is 0 Å². The molecule has 0 spiro atoms. The van der Waals surface area contributed by atoms with Crippen molar-refractivity contribution in [3.8, 4) is 0 Å². The summed E-state index contributed by atoms with van der Waals surface area (Å²) in [5, 5.41) is 0. The number of fused-ring (bicyclic) bond motifs is 1. The number of hydrogen-bond donors (Lipinski definition) is 0. The Bertz CT molecular complexity index is 734. The van der Waals surface area contributed by atoms with Crippen LogP contribution >= 0.6 is 0 Å². The van der Waals surface area contributed by atoms with E-state index >= 15 is 0 Å². The highest BCUT2D eigenvalue weighted by Crippen LogP contribution is 2.39. The average molecular weight is 319 g/mol. The van der Waals surface area contributed by atoms with Gasteiger partial charge in [0.25, 0.3) is 0 Å². The van der Waals surface area contributed by atoms with Crippen LogP contribution in [0.2, 0.25) is 0 Å². The number of carbonyl (C=O) groups is 1. The van der Waals surface area contributed by atoms with Gasteiger partial charge >= 0.3 is 0 Å². The van der Waals surface area contributed by atoms with E-state index in [2.05, 4.69) is 0 Å². The largest absolute Gasteiger partial charge is 0.295 e. The van der Waals surface area contributed by atoms with Crippen molar-refractivity contribution in [3.63, 3.8) is 0 Å². The van der Waals surface area contributed by atoms with E-state index in [0.717, 1.165) is 11.1 Å². The first-order chi connectivity index (χ1) is 10.3. The van der Waals surface area contributed by atoms with Crippen LogP contribution in [0.4, 0.5) is 0 Å². The van der Waals surface area contributed by atoms with E-state index in [0.29, 0.717) is 18.0 Å². The lowest BCUT2D eigenvalue weighted by molar-refractivity contribution is -0.117. The molecule has 1 aromatic rings. The average Bonchev–Trinajstić information content (AvgIpc) is 2.76. The van der Waals surface area contributed by atoms with E-state index in [1.165, 1.54) is 0 Å². The maximum atomic E-state index is 12.8. The molecule has 3 atom stereocenters. The molecule has 1 heterocycles. The summed E-state index contributed by atoms with van der Waals surface area (Å²) in [5.74, 6) is 0.124. The molecule has 0 radical (unpaired) electrons. The van der Waals surface area contributed by atoms with Crippen LogP contribution in [0.15, 0.2) is 40.8 Å². The first-order valence-corrected chi connectivity index (χ1v) is 9.07. The Kier molecular flexibility index (Phi) is 3.73. The molecule has 1 aromatic carbocycles. The molecule has 0 N–H and O–H groups in total. The number of piperidine rings is 1. The van der Waals surface area contributed by atoms with Gasteiger partial charge in [0.05, 0.1) is 4.90 Å². The number of rotatable bonds is 2. The van der Waals surface area contributed by atoms with Crippen LogP contribution in [0.25, 0.3) is 0 Å². The highest BCUT2D eigenvalue weighted by atomic mass is 32.2. The third-order valence-electron chi connectivity index (χ3n) is 4.90. The second-order valence-corrected chi connectivity index (χ2v) is 8.42. The summed E-state index contributed by atoms with van der Waals surface area (Å²) in [6.45, 7) is 6.67. The van der Waals surface area contributed by atoms with Gasteiger partial charge in [0.1, 0.15) is 0 Å². The zero-order valence-electron chi connectivity index (χ0n) is 13.1. The van der Waals surface area contributed by atoms with Gasteiger partial charge in [-0.15, -0.1) is 0 Å². The van der Waals surface area contributed by atoms with E-state index in [4.69, 9.17) is 0 Å². The molecular formula is C17H21NO3S. The maximum Gasteiger partial charge on any atom is 0.243 e. The molecule has 22 heavy (non-hydrogen) atoms. The van der Waals surface area contributed by atoms with E-state index in [9.17, 15) is 13.2 Å². The number of sulfonamides is 1. The van der Waals surface area contributed by atoms with Gasteiger partial charge in [-0.05, 0) is 31.1 Å². The van der Waals surface area contributed by atoms with Crippen molar-refractivity contribution in [1.29, 1.82) is 0 Å². The third kappa shape index (κ3) is 2.42. The van der Waals surface area contributed by atoms with E-state index < -0.39 is 10.0 Å². The smallest absolute Gasteiger partial charge is 0.243 e. The molecule has 0 saturated carbocycles. The number of benzene rings is 1. The van der Waals surface area contributed by atoms with Crippen molar-refractivity contribution in [3.05, 3.63) is 41.5 Å². The van der Waals surface area contributed by atoms with Crippen molar-refractivity contribution < 1.29 is 13.2 Å². The Morgan fingerprint density at radius 1 is 1.09 bits per heavy atom. The van der Waals surface area contributed by atoms with E-state index in [-0.39, 0.29) is 23.5 Å².